The lowest BCUT2D eigenvalue weighted by Crippen LogP contribution is -2.43. The molecule has 0 bridgehead atoms. The Kier molecular flexibility index (Phi) is 4.40. The molecular formula is C19H13F3N4O3. The van der Waals surface area contributed by atoms with E-state index in [1.165, 1.54) is 31.6 Å². The number of benzene rings is 1. The lowest BCUT2D eigenvalue weighted by molar-refractivity contribution is -0.130. The number of anilines is 1. The SMILES string of the molecule is COC(=O)c1cccnc1-c1ccc2c(c1)N(CC(F)(F)F)C(=O)C1=CN=NC12. The fraction of sp³-hybridized carbons (Fsp3) is 0.211. The molecule has 0 aliphatic carbocycles. The van der Waals surface area contributed by atoms with E-state index in [9.17, 15) is 22.8 Å². The molecule has 4 rings (SSSR count). The van der Waals surface area contributed by atoms with Crippen molar-refractivity contribution in [2.45, 2.75) is 12.2 Å². The minimum atomic E-state index is -4.61. The van der Waals surface area contributed by atoms with Crippen molar-refractivity contribution in [3.63, 3.8) is 0 Å². The number of carbonyl (C=O) groups excluding carboxylic acids is 2. The zero-order valence-corrected chi connectivity index (χ0v) is 15.0. The van der Waals surface area contributed by atoms with Gasteiger partial charge in [-0.05, 0) is 18.2 Å². The van der Waals surface area contributed by atoms with E-state index < -0.39 is 30.6 Å². The Morgan fingerprint density at radius 1 is 1.28 bits per heavy atom. The van der Waals surface area contributed by atoms with Crippen molar-refractivity contribution >= 4 is 17.6 Å². The number of pyridine rings is 1. The average molecular weight is 402 g/mol. The summed E-state index contributed by atoms with van der Waals surface area (Å²) in [5.74, 6) is -1.44. The van der Waals surface area contributed by atoms with Gasteiger partial charge in [0, 0.05) is 17.3 Å². The number of amides is 1. The van der Waals surface area contributed by atoms with Crippen LogP contribution in [0.5, 0.6) is 0 Å². The molecule has 148 valence electrons. The van der Waals surface area contributed by atoms with Gasteiger partial charge in [0.25, 0.3) is 5.91 Å². The van der Waals surface area contributed by atoms with Crippen LogP contribution < -0.4 is 4.90 Å². The van der Waals surface area contributed by atoms with Crippen molar-refractivity contribution in [1.82, 2.24) is 4.98 Å². The number of rotatable bonds is 3. The highest BCUT2D eigenvalue weighted by molar-refractivity contribution is 6.10. The number of nitrogens with zero attached hydrogens (tertiary/aromatic N) is 4. The van der Waals surface area contributed by atoms with E-state index in [0.29, 0.717) is 16.0 Å². The van der Waals surface area contributed by atoms with Gasteiger partial charge in [0.05, 0.1) is 35.8 Å². The molecule has 29 heavy (non-hydrogen) atoms. The van der Waals surface area contributed by atoms with Crippen LogP contribution >= 0.6 is 0 Å². The fourth-order valence-electron chi connectivity index (χ4n) is 3.36. The number of halogens is 3. The summed E-state index contributed by atoms with van der Waals surface area (Å²) in [6.07, 6.45) is -1.97. The maximum Gasteiger partial charge on any atom is 0.406 e. The van der Waals surface area contributed by atoms with Crippen LogP contribution in [0.2, 0.25) is 0 Å². The molecular weight excluding hydrogens is 389 g/mol. The Labute approximate surface area is 162 Å². The van der Waals surface area contributed by atoms with Gasteiger partial charge in [-0.15, -0.1) is 0 Å². The van der Waals surface area contributed by atoms with Crippen LogP contribution in [-0.2, 0) is 9.53 Å². The van der Waals surface area contributed by atoms with Crippen molar-refractivity contribution in [3.8, 4) is 11.3 Å². The molecule has 0 N–H and O–H groups in total. The van der Waals surface area contributed by atoms with Crippen LogP contribution in [-0.4, -0.2) is 36.7 Å². The second-order valence-electron chi connectivity index (χ2n) is 6.39. The quantitative estimate of drug-likeness (QED) is 0.731. The molecule has 0 spiro atoms. The molecule has 10 heteroatoms. The first-order valence-corrected chi connectivity index (χ1v) is 8.46. The molecule has 0 saturated carbocycles. The Morgan fingerprint density at radius 2 is 2.07 bits per heavy atom. The van der Waals surface area contributed by atoms with Gasteiger partial charge in [0.1, 0.15) is 12.6 Å². The summed E-state index contributed by atoms with van der Waals surface area (Å²) in [5.41, 5.74) is 1.31. The summed E-state index contributed by atoms with van der Waals surface area (Å²) in [5, 5.41) is 7.65. The summed E-state index contributed by atoms with van der Waals surface area (Å²) >= 11 is 0. The second-order valence-corrected chi connectivity index (χ2v) is 6.39. The minimum absolute atomic E-state index is 0.0503. The number of methoxy groups -OCH3 is 1. The highest BCUT2D eigenvalue weighted by Crippen LogP contribution is 2.45. The molecule has 1 aromatic heterocycles. The van der Waals surface area contributed by atoms with Gasteiger partial charge < -0.3 is 4.74 Å². The van der Waals surface area contributed by atoms with Crippen molar-refractivity contribution in [1.29, 1.82) is 0 Å². The van der Waals surface area contributed by atoms with E-state index in [0.717, 1.165) is 0 Å². The monoisotopic (exact) mass is 402 g/mol. The first-order valence-electron chi connectivity index (χ1n) is 8.46. The number of azo groups is 1. The predicted molar refractivity (Wildman–Crippen MR) is 95.1 cm³/mol. The highest BCUT2D eigenvalue weighted by Gasteiger charge is 2.43. The number of hydrogen-bond donors (Lipinski definition) is 0. The third-order valence-corrected chi connectivity index (χ3v) is 4.61. The van der Waals surface area contributed by atoms with Gasteiger partial charge in [-0.1, -0.05) is 12.1 Å². The summed E-state index contributed by atoms with van der Waals surface area (Å²) in [7, 11) is 1.22. The standard InChI is InChI=1S/C19H13F3N4O3/c1-29-18(28)12-3-2-6-23-15(12)10-4-5-11-14(7-10)26(9-19(20,21)22)17(27)13-8-24-25-16(11)13/h2-8,16H,9H2,1H3. The lowest BCUT2D eigenvalue weighted by atomic mass is 9.90. The first-order chi connectivity index (χ1) is 13.8. The molecule has 2 aliphatic rings. The Bertz CT molecular complexity index is 1080. The van der Waals surface area contributed by atoms with E-state index in [-0.39, 0.29) is 22.5 Å². The number of carbonyl (C=O) groups is 2. The van der Waals surface area contributed by atoms with Crippen molar-refractivity contribution in [2.24, 2.45) is 10.2 Å². The zero-order valence-electron chi connectivity index (χ0n) is 15.0. The third-order valence-electron chi connectivity index (χ3n) is 4.61. The van der Waals surface area contributed by atoms with Gasteiger partial charge in [-0.3, -0.25) is 14.7 Å². The van der Waals surface area contributed by atoms with Crippen LogP contribution in [0.25, 0.3) is 11.3 Å². The number of hydrogen-bond acceptors (Lipinski definition) is 6. The number of esters is 1. The van der Waals surface area contributed by atoms with Gasteiger partial charge in [-0.25, -0.2) is 4.79 Å². The summed E-state index contributed by atoms with van der Waals surface area (Å²) in [6, 6.07) is 6.87. The summed E-state index contributed by atoms with van der Waals surface area (Å²) < 4.78 is 44.2. The van der Waals surface area contributed by atoms with Crippen LogP contribution in [0.15, 0.2) is 58.5 Å². The number of fused-ring (bicyclic) bond motifs is 3. The largest absolute Gasteiger partial charge is 0.465 e. The van der Waals surface area contributed by atoms with E-state index in [1.54, 1.807) is 18.2 Å². The van der Waals surface area contributed by atoms with Crippen LogP contribution in [0, 0.1) is 0 Å². The first kappa shape index (κ1) is 18.8. The molecule has 2 aliphatic heterocycles. The molecule has 1 aromatic carbocycles. The van der Waals surface area contributed by atoms with Crippen molar-refractivity contribution < 1.29 is 27.5 Å². The fourth-order valence-corrected chi connectivity index (χ4v) is 3.36. The number of alkyl halides is 3. The Balaban J connectivity index is 1.87. The normalized spacial score (nSPS) is 17.7. The highest BCUT2D eigenvalue weighted by atomic mass is 19.4. The van der Waals surface area contributed by atoms with Gasteiger partial charge in [0.15, 0.2) is 0 Å². The number of aromatic nitrogens is 1. The Morgan fingerprint density at radius 3 is 2.79 bits per heavy atom. The molecule has 1 atom stereocenters. The molecule has 1 unspecified atom stereocenters. The van der Waals surface area contributed by atoms with E-state index in [4.69, 9.17) is 4.74 Å². The van der Waals surface area contributed by atoms with Crippen LogP contribution in [0.4, 0.5) is 18.9 Å². The molecule has 0 fully saturated rings. The third kappa shape index (κ3) is 3.26. The van der Waals surface area contributed by atoms with Gasteiger partial charge >= 0.3 is 12.1 Å². The smallest absolute Gasteiger partial charge is 0.406 e. The summed E-state index contributed by atoms with van der Waals surface area (Å²) in [4.78, 5) is 29.5. The summed E-state index contributed by atoms with van der Waals surface area (Å²) in [6.45, 7) is -1.46. The van der Waals surface area contributed by atoms with E-state index in [2.05, 4.69) is 15.2 Å². The maximum absolute atomic E-state index is 13.2. The molecule has 1 amide bonds. The molecule has 0 radical (unpaired) electrons. The van der Waals surface area contributed by atoms with E-state index in [1.807, 2.05) is 0 Å². The van der Waals surface area contributed by atoms with Crippen LogP contribution in [0.1, 0.15) is 22.0 Å². The maximum atomic E-state index is 13.2. The van der Waals surface area contributed by atoms with Crippen molar-refractivity contribution in [2.75, 3.05) is 18.6 Å². The van der Waals surface area contributed by atoms with Gasteiger partial charge in [-0.2, -0.15) is 23.4 Å². The zero-order chi connectivity index (χ0) is 20.8. The molecule has 2 aromatic rings. The molecule has 0 saturated heterocycles. The average Bonchev–Trinajstić information content (AvgIpc) is 3.19. The second kappa shape index (κ2) is 6.80. The van der Waals surface area contributed by atoms with Crippen molar-refractivity contribution in [3.05, 3.63) is 59.4 Å². The Hall–Kier alpha value is -3.56. The topological polar surface area (TPSA) is 84.2 Å². The van der Waals surface area contributed by atoms with Gasteiger partial charge in [0.2, 0.25) is 0 Å². The molecule has 3 heterocycles. The minimum Gasteiger partial charge on any atom is -0.465 e. The predicted octanol–water partition coefficient (Wildman–Crippen LogP) is 3.83. The molecule has 7 nitrogen and oxygen atoms in total. The van der Waals surface area contributed by atoms with Crippen LogP contribution in [0.3, 0.4) is 0 Å². The number of ether oxygens (including phenoxy) is 1. The lowest BCUT2D eigenvalue weighted by Gasteiger charge is -2.33. The van der Waals surface area contributed by atoms with E-state index >= 15 is 0 Å².